The van der Waals surface area contributed by atoms with E-state index in [0.29, 0.717) is 26.8 Å². The number of carbonyl (C=O) groups excluding carboxylic acids is 3. The number of phenols is 1. The summed E-state index contributed by atoms with van der Waals surface area (Å²) in [6.07, 6.45) is 0. The molecule has 8 nitrogen and oxygen atoms in total. The maximum absolute atomic E-state index is 13.9. The Bertz CT molecular complexity index is 1660. The summed E-state index contributed by atoms with van der Waals surface area (Å²) in [6, 6.07) is 22.7. The van der Waals surface area contributed by atoms with E-state index in [9.17, 15) is 24.3 Å². The lowest BCUT2D eigenvalue weighted by molar-refractivity contribution is -0.122. The summed E-state index contributed by atoms with van der Waals surface area (Å²) in [6.45, 7) is 1.67. The molecule has 0 bridgehead atoms. The number of para-hydroxylation sites is 2. The van der Waals surface area contributed by atoms with Gasteiger partial charge in [-0.05, 0) is 37.3 Å². The Kier molecular flexibility index (Phi) is 6.36. The molecule has 3 amide bonds. The summed E-state index contributed by atoms with van der Waals surface area (Å²) in [5, 5.41) is 13.2. The Morgan fingerprint density at radius 1 is 0.923 bits per heavy atom. The van der Waals surface area contributed by atoms with Gasteiger partial charge in [-0.3, -0.25) is 23.7 Å². The highest BCUT2D eigenvalue weighted by Crippen LogP contribution is 2.55. The van der Waals surface area contributed by atoms with E-state index in [-0.39, 0.29) is 34.9 Å². The third-order valence-electron chi connectivity index (χ3n) is 6.97. The molecule has 0 spiro atoms. The van der Waals surface area contributed by atoms with Crippen LogP contribution in [0.5, 0.6) is 5.75 Å². The number of anilines is 2. The van der Waals surface area contributed by atoms with Crippen LogP contribution in [0.2, 0.25) is 0 Å². The van der Waals surface area contributed by atoms with Crippen molar-refractivity contribution in [2.24, 2.45) is 5.92 Å². The maximum atomic E-state index is 13.9. The smallest absolute Gasteiger partial charge is 0.308 e. The van der Waals surface area contributed by atoms with Gasteiger partial charge in [-0.2, -0.15) is 0 Å². The van der Waals surface area contributed by atoms with Gasteiger partial charge in [0.1, 0.15) is 17.5 Å². The Balaban J connectivity index is 1.43. The van der Waals surface area contributed by atoms with Crippen LogP contribution in [0.3, 0.4) is 0 Å². The molecule has 0 saturated carbocycles. The van der Waals surface area contributed by atoms with Crippen LogP contribution in [0.15, 0.2) is 88.7 Å². The number of thiazole rings is 1. The zero-order chi connectivity index (χ0) is 27.3. The maximum Gasteiger partial charge on any atom is 0.308 e. The van der Waals surface area contributed by atoms with E-state index in [1.165, 1.54) is 15.5 Å². The normalized spacial score (nSPS) is 20.0. The van der Waals surface area contributed by atoms with Crippen LogP contribution in [-0.4, -0.2) is 32.6 Å². The third kappa shape index (κ3) is 4.35. The van der Waals surface area contributed by atoms with Crippen LogP contribution in [0.4, 0.5) is 11.4 Å². The average Bonchev–Trinajstić information content (AvgIpc) is 3.36. The van der Waals surface area contributed by atoms with Crippen molar-refractivity contribution >= 4 is 52.2 Å². The molecule has 0 radical (unpaired) electrons. The van der Waals surface area contributed by atoms with Crippen molar-refractivity contribution in [3.8, 4) is 5.75 Å². The largest absolute Gasteiger partial charge is 0.508 e. The molecule has 0 unspecified atom stereocenters. The Hall–Kier alpha value is -4.15. The molecule has 2 aliphatic rings. The van der Waals surface area contributed by atoms with Crippen LogP contribution in [0.1, 0.15) is 21.9 Å². The quantitative estimate of drug-likeness (QED) is 0.353. The molecule has 3 heterocycles. The number of imide groups is 1. The van der Waals surface area contributed by atoms with Crippen molar-refractivity contribution in [2.75, 3.05) is 10.2 Å². The van der Waals surface area contributed by atoms with Gasteiger partial charge in [0.05, 0.1) is 16.6 Å². The lowest BCUT2D eigenvalue weighted by Gasteiger charge is -2.31. The second-order valence-corrected chi connectivity index (χ2v) is 11.6. The number of hydrogen-bond donors (Lipinski definition) is 2. The van der Waals surface area contributed by atoms with Gasteiger partial charge in [0.2, 0.25) is 17.7 Å². The number of thioether (sulfide) groups is 1. The number of aromatic nitrogens is 1. The molecule has 4 aromatic rings. The van der Waals surface area contributed by atoms with E-state index in [1.807, 2.05) is 25.1 Å². The predicted octanol–water partition coefficient (Wildman–Crippen LogP) is 4.36. The predicted molar refractivity (Wildman–Crippen MR) is 150 cm³/mol. The van der Waals surface area contributed by atoms with Crippen molar-refractivity contribution in [1.82, 2.24) is 4.57 Å². The molecule has 2 N–H and O–H groups in total. The van der Waals surface area contributed by atoms with Gasteiger partial charge in [-0.1, -0.05) is 77.2 Å². The van der Waals surface area contributed by atoms with E-state index in [1.54, 1.807) is 54.6 Å². The fourth-order valence-corrected chi connectivity index (χ4v) is 7.92. The fraction of sp³-hybridized carbons (Fsp3) is 0.172. The topological polar surface area (TPSA) is 109 Å². The van der Waals surface area contributed by atoms with Gasteiger partial charge in [-0.15, -0.1) is 0 Å². The van der Waals surface area contributed by atoms with Gasteiger partial charge < -0.3 is 10.4 Å². The van der Waals surface area contributed by atoms with Gasteiger partial charge in [-0.25, -0.2) is 4.90 Å². The highest BCUT2D eigenvalue weighted by atomic mass is 32.2. The molecular formula is C29H23N3O5S2. The average molecular weight is 558 g/mol. The lowest BCUT2D eigenvalue weighted by atomic mass is 9.82. The van der Waals surface area contributed by atoms with Crippen LogP contribution in [-0.2, 0) is 20.9 Å². The molecular weight excluding hydrogens is 534 g/mol. The van der Waals surface area contributed by atoms with Crippen molar-refractivity contribution in [1.29, 1.82) is 0 Å². The highest BCUT2D eigenvalue weighted by molar-refractivity contribution is 8.00. The number of nitrogens with zero attached hydrogens (tertiary/aromatic N) is 2. The van der Waals surface area contributed by atoms with Crippen LogP contribution in [0.25, 0.3) is 0 Å². The Morgan fingerprint density at radius 2 is 1.62 bits per heavy atom. The molecule has 1 aromatic heterocycles. The number of phenolic OH excluding ortho intramolecular Hbond substituents is 1. The molecule has 2 aliphatic heterocycles. The van der Waals surface area contributed by atoms with Crippen LogP contribution >= 0.6 is 23.1 Å². The van der Waals surface area contributed by atoms with Crippen molar-refractivity contribution in [3.05, 3.63) is 105 Å². The standard InChI is InChI=1S/C29H23N3O5S2/c1-16-11-13-18(14-12-16)32-26(35)23-22(19-9-5-6-10-20(19)33)25-28(38-24(23)27(32)36)31(29(37)39-25)15-21(34)30-17-7-3-2-4-8-17/h2-14,22-24,33H,15H2,1H3,(H,30,34)/t22-,23+,24-/m0/s1. The number of hydrogen-bond acceptors (Lipinski definition) is 7. The van der Waals surface area contributed by atoms with E-state index in [2.05, 4.69) is 5.32 Å². The number of fused-ring (bicyclic) bond motifs is 2. The summed E-state index contributed by atoms with van der Waals surface area (Å²) >= 11 is 2.08. The SMILES string of the molecule is Cc1ccc(N2C(=O)[C@@H]3[C@H](c4ccccc4O)c4sc(=O)n(CC(=O)Nc5ccccc5)c4S[C@@H]3C2=O)cc1. The van der Waals surface area contributed by atoms with Gasteiger partial charge in [0.15, 0.2) is 0 Å². The van der Waals surface area contributed by atoms with E-state index >= 15 is 0 Å². The first-order chi connectivity index (χ1) is 18.8. The molecule has 10 heteroatoms. The lowest BCUT2D eigenvalue weighted by Crippen LogP contribution is -2.33. The number of carbonyl (C=O) groups is 3. The minimum atomic E-state index is -0.826. The van der Waals surface area contributed by atoms with Crippen LogP contribution < -0.4 is 15.1 Å². The number of aromatic hydroxyl groups is 1. The Labute approximate surface area is 231 Å². The van der Waals surface area contributed by atoms with Gasteiger partial charge >= 0.3 is 4.87 Å². The number of aryl methyl sites for hydroxylation is 1. The summed E-state index contributed by atoms with van der Waals surface area (Å²) in [5.41, 5.74) is 2.54. The molecule has 6 rings (SSSR count). The van der Waals surface area contributed by atoms with E-state index in [0.717, 1.165) is 28.7 Å². The highest BCUT2D eigenvalue weighted by Gasteiger charge is 2.57. The summed E-state index contributed by atoms with van der Waals surface area (Å²) in [5.74, 6) is -2.73. The van der Waals surface area contributed by atoms with Crippen molar-refractivity contribution < 1.29 is 19.5 Å². The second-order valence-electron chi connectivity index (χ2n) is 9.49. The summed E-state index contributed by atoms with van der Waals surface area (Å²) in [7, 11) is 0. The minimum Gasteiger partial charge on any atom is -0.508 e. The molecule has 3 atom stereocenters. The zero-order valence-corrected chi connectivity index (χ0v) is 22.4. The number of amides is 3. The first-order valence-electron chi connectivity index (χ1n) is 12.3. The number of benzene rings is 3. The van der Waals surface area contributed by atoms with E-state index in [4.69, 9.17) is 0 Å². The summed E-state index contributed by atoms with van der Waals surface area (Å²) < 4.78 is 1.36. The minimum absolute atomic E-state index is 0.0256. The van der Waals surface area contributed by atoms with Crippen LogP contribution in [0, 0.1) is 12.8 Å². The first-order valence-corrected chi connectivity index (χ1v) is 14.0. The monoisotopic (exact) mass is 557 g/mol. The van der Waals surface area contributed by atoms with Gasteiger partial charge in [0.25, 0.3) is 0 Å². The molecule has 1 fully saturated rings. The zero-order valence-electron chi connectivity index (χ0n) is 20.7. The van der Waals surface area contributed by atoms with Crippen molar-refractivity contribution in [2.45, 2.75) is 29.7 Å². The molecule has 196 valence electrons. The van der Waals surface area contributed by atoms with E-state index < -0.39 is 17.1 Å². The fourth-order valence-electron chi connectivity index (χ4n) is 5.15. The third-order valence-corrected chi connectivity index (χ3v) is 9.58. The number of rotatable bonds is 5. The molecule has 1 saturated heterocycles. The second kappa shape index (κ2) is 9.87. The van der Waals surface area contributed by atoms with Crippen molar-refractivity contribution in [3.63, 3.8) is 0 Å². The van der Waals surface area contributed by atoms with Gasteiger partial charge in [0, 0.05) is 22.0 Å². The summed E-state index contributed by atoms with van der Waals surface area (Å²) in [4.78, 5) is 55.1. The molecule has 0 aliphatic carbocycles. The Morgan fingerprint density at radius 3 is 2.33 bits per heavy atom. The molecule has 3 aromatic carbocycles. The first kappa shape index (κ1) is 25.1. The molecule has 39 heavy (non-hydrogen) atoms. The number of nitrogens with one attached hydrogen (secondary N) is 1.